The number of pyridine rings is 1. The Bertz CT molecular complexity index is 945. The molecular weight excluding hydrogens is 360 g/mol. The van der Waals surface area contributed by atoms with E-state index in [-0.39, 0.29) is 0 Å². The van der Waals surface area contributed by atoms with Crippen LogP contribution in [0.4, 0.5) is 0 Å². The normalized spacial score (nSPS) is 12.5. The molecular formula is C18H19ClN2O3S. The van der Waals surface area contributed by atoms with Crippen molar-refractivity contribution in [1.29, 1.82) is 0 Å². The van der Waals surface area contributed by atoms with Crippen LogP contribution in [0.2, 0.25) is 5.15 Å². The van der Waals surface area contributed by atoms with E-state index in [1.54, 1.807) is 31.0 Å². The van der Waals surface area contributed by atoms with Crippen LogP contribution in [0.25, 0.3) is 11.0 Å². The lowest BCUT2D eigenvalue weighted by Gasteiger charge is -2.11. The first kappa shape index (κ1) is 17.9. The zero-order chi connectivity index (χ0) is 18.1. The van der Waals surface area contributed by atoms with Gasteiger partial charge in [-0.3, -0.25) is 4.57 Å². The number of aryl methyl sites for hydroxylation is 2. The monoisotopic (exact) mass is 378 g/mol. The summed E-state index contributed by atoms with van der Waals surface area (Å²) >= 11 is 6.22. The van der Waals surface area contributed by atoms with E-state index >= 15 is 0 Å². The van der Waals surface area contributed by atoms with Crippen molar-refractivity contribution < 1.29 is 13.7 Å². The van der Waals surface area contributed by atoms with Crippen LogP contribution in [0.15, 0.2) is 40.3 Å². The van der Waals surface area contributed by atoms with Crippen molar-refractivity contribution in [2.24, 2.45) is 0 Å². The van der Waals surface area contributed by atoms with Crippen molar-refractivity contribution in [3.8, 4) is 5.75 Å². The maximum absolute atomic E-state index is 13.0. The van der Waals surface area contributed by atoms with Gasteiger partial charge in [0.1, 0.15) is 23.3 Å². The minimum absolute atomic E-state index is 0.314. The molecule has 1 unspecified atom stereocenters. The van der Waals surface area contributed by atoms with Gasteiger partial charge in [0.15, 0.2) is 0 Å². The maximum Gasteiger partial charge on any atom is 0.143 e. The number of nitrogens with zero attached hydrogens (tertiary/aromatic N) is 2. The molecule has 0 N–H and O–H groups in total. The summed E-state index contributed by atoms with van der Waals surface area (Å²) < 4.78 is 25.2. The highest BCUT2D eigenvalue weighted by Crippen LogP contribution is 2.29. The number of halogens is 1. The molecule has 0 saturated heterocycles. The molecule has 3 rings (SSSR count). The van der Waals surface area contributed by atoms with Crippen molar-refractivity contribution in [1.82, 2.24) is 9.55 Å². The fraction of sp³-hybridized carbons (Fsp3) is 0.278. The molecule has 1 aromatic carbocycles. The summed E-state index contributed by atoms with van der Waals surface area (Å²) in [6.45, 7) is 4.20. The van der Waals surface area contributed by atoms with Crippen molar-refractivity contribution in [3.05, 3.63) is 46.7 Å². The highest BCUT2D eigenvalue weighted by Gasteiger charge is 2.15. The zero-order valence-electron chi connectivity index (χ0n) is 14.5. The number of benzene rings is 1. The molecule has 0 bridgehead atoms. The Morgan fingerprint density at radius 2 is 1.80 bits per heavy atom. The molecule has 2 aromatic heterocycles. The number of hydrogen-bond acceptors (Lipinski definition) is 4. The predicted octanol–water partition coefficient (Wildman–Crippen LogP) is 4.09. The quantitative estimate of drug-likeness (QED) is 0.671. The largest absolute Gasteiger partial charge is 0.496 e. The van der Waals surface area contributed by atoms with Crippen LogP contribution in [0.1, 0.15) is 11.1 Å². The summed E-state index contributed by atoms with van der Waals surface area (Å²) in [6.07, 6.45) is 1.62. The molecule has 0 aliphatic rings. The second kappa shape index (κ2) is 7.15. The number of aromatic nitrogens is 2. The Morgan fingerprint density at radius 1 is 1.12 bits per heavy atom. The molecule has 1 atom stereocenters. The Morgan fingerprint density at radius 3 is 2.40 bits per heavy atom. The van der Waals surface area contributed by atoms with Gasteiger partial charge in [0.05, 0.1) is 22.8 Å². The van der Waals surface area contributed by atoms with Gasteiger partial charge in [-0.15, -0.1) is 0 Å². The molecule has 0 aliphatic heterocycles. The topological polar surface area (TPSA) is 53.4 Å². The lowest BCUT2D eigenvalue weighted by Crippen LogP contribution is -2.01. The van der Waals surface area contributed by atoms with E-state index in [9.17, 15) is 4.21 Å². The first-order valence-electron chi connectivity index (χ1n) is 7.67. The molecule has 132 valence electrons. The van der Waals surface area contributed by atoms with Gasteiger partial charge in [0.25, 0.3) is 0 Å². The molecule has 7 heteroatoms. The van der Waals surface area contributed by atoms with Gasteiger partial charge in [-0.25, -0.2) is 9.19 Å². The number of fused-ring (bicyclic) bond motifs is 1. The van der Waals surface area contributed by atoms with Crippen molar-refractivity contribution in [3.63, 3.8) is 0 Å². The van der Waals surface area contributed by atoms with E-state index in [0.717, 1.165) is 27.2 Å². The van der Waals surface area contributed by atoms with E-state index < -0.39 is 10.8 Å². The minimum Gasteiger partial charge on any atom is -0.496 e. The van der Waals surface area contributed by atoms with Gasteiger partial charge < -0.3 is 9.47 Å². The highest BCUT2D eigenvalue weighted by molar-refractivity contribution is 7.85. The van der Waals surface area contributed by atoms with Gasteiger partial charge in [-0.2, -0.15) is 0 Å². The van der Waals surface area contributed by atoms with Crippen molar-refractivity contribution in [2.45, 2.75) is 30.4 Å². The average Bonchev–Trinajstić information content (AvgIpc) is 2.89. The summed E-state index contributed by atoms with van der Waals surface area (Å²) in [4.78, 5) is 5.78. The Balaban J connectivity index is 2.03. The Labute approximate surface area is 154 Å². The van der Waals surface area contributed by atoms with Crippen LogP contribution < -0.4 is 4.74 Å². The molecule has 3 aromatic rings. The van der Waals surface area contributed by atoms with Gasteiger partial charge >= 0.3 is 0 Å². The summed E-state index contributed by atoms with van der Waals surface area (Å²) in [6, 6.07) is 7.42. The first-order chi connectivity index (χ1) is 12.0. The Hall–Kier alpha value is -1.89. The third kappa shape index (κ3) is 3.29. The van der Waals surface area contributed by atoms with Crippen molar-refractivity contribution >= 4 is 33.4 Å². The highest BCUT2D eigenvalue weighted by atomic mass is 35.5. The molecule has 0 aliphatic carbocycles. The van der Waals surface area contributed by atoms with Crippen LogP contribution in [-0.4, -0.2) is 28.0 Å². The van der Waals surface area contributed by atoms with Crippen LogP contribution in [0, 0.1) is 13.8 Å². The number of ether oxygens (including phenoxy) is 2. The molecule has 0 spiro atoms. The average molecular weight is 379 g/mol. The lowest BCUT2D eigenvalue weighted by atomic mass is 10.1. The number of methoxy groups -OCH3 is 2. The van der Waals surface area contributed by atoms with Gasteiger partial charge in [-0.05, 0) is 49.2 Å². The van der Waals surface area contributed by atoms with Crippen LogP contribution >= 0.6 is 11.6 Å². The molecule has 0 amide bonds. The summed E-state index contributed by atoms with van der Waals surface area (Å²) in [5, 5.41) is 1.36. The zero-order valence-corrected chi connectivity index (χ0v) is 16.1. The second-order valence-corrected chi connectivity index (χ2v) is 7.62. The summed E-state index contributed by atoms with van der Waals surface area (Å²) in [5.74, 6) is 0.817. The lowest BCUT2D eigenvalue weighted by molar-refractivity contribution is 0.134. The van der Waals surface area contributed by atoms with E-state index in [1.165, 1.54) is 0 Å². The Kier molecular flexibility index (Phi) is 5.13. The standard InChI is InChI=1S/C18H19ClN2O3S/c1-11-5-14(6-12(2)17(11)24-4)25(22)15-7-13-8-16(19)21(10-23-3)18(13)20-9-15/h5-9H,10H2,1-4H3. The van der Waals surface area contributed by atoms with E-state index in [0.29, 0.717) is 22.4 Å². The van der Waals surface area contributed by atoms with E-state index in [2.05, 4.69) is 4.98 Å². The minimum atomic E-state index is -1.34. The first-order valence-corrected chi connectivity index (χ1v) is 9.19. The predicted molar refractivity (Wildman–Crippen MR) is 98.9 cm³/mol. The van der Waals surface area contributed by atoms with Gasteiger partial charge in [0, 0.05) is 23.6 Å². The third-order valence-electron chi connectivity index (χ3n) is 3.98. The maximum atomic E-state index is 13.0. The molecule has 5 nitrogen and oxygen atoms in total. The van der Waals surface area contributed by atoms with Crippen LogP contribution in [0.5, 0.6) is 5.75 Å². The molecule has 0 radical (unpaired) electrons. The molecule has 25 heavy (non-hydrogen) atoms. The smallest absolute Gasteiger partial charge is 0.143 e. The van der Waals surface area contributed by atoms with Crippen LogP contribution in [0.3, 0.4) is 0 Å². The van der Waals surface area contributed by atoms with E-state index in [4.69, 9.17) is 21.1 Å². The summed E-state index contributed by atoms with van der Waals surface area (Å²) in [7, 11) is 1.90. The molecule has 2 heterocycles. The molecule has 0 saturated carbocycles. The van der Waals surface area contributed by atoms with Crippen molar-refractivity contribution in [2.75, 3.05) is 14.2 Å². The fourth-order valence-electron chi connectivity index (χ4n) is 2.92. The van der Waals surface area contributed by atoms with Crippen LogP contribution in [-0.2, 0) is 22.3 Å². The van der Waals surface area contributed by atoms with Gasteiger partial charge in [0.2, 0.25) is 0 Å². The second-order valence-electron chi connectivity index (χ2n) is 5.76. The number of hydrogen-bond donors (Lipinski definition) is 0. The molecule has 0 fully saturated rings. The summed E-state index contributed by atoms with van der Waals surface area (Å²) in [5.41, 5.74) is 2.61. The van der Waals surface area contributed by atoms with E-state index in [1.807, 2.05) is 32.0 Å². The van der Waals surface area contributed by atoms with Gasteiger partial charge in [-0.1, -0.05) is 11.6 Å². The third-order valence-corrected chi connectivity index (χ3v) is 5.61. The number of rotatable bonds is 5. The SMILES string of the molecule is COCn1c(Cl)cc2cc(S(=O)c3cc(C)c(OC)c(C)c3)cnc21. The fourth-order valence-corrected chi connectivity index (χ4v) is 4.39.